The van der Waals surface area contributed by atoms with Gasteiger partial charge in [-0.25, -0.2) is 0 Å². The number of thioether (sulfide) groups is 1. The van der Waals surface area contributed by atoms with Crippen molar-refractivity contribution in [1.82, 2.24) is 0 Å². The van der Waals surface area contributed by atoms with Crippen molar-refractivity contribution >= 4 is 17.7 Å². The van der Waals surface area contributed by atoms with Gasteiger partial charge in [0.15, 0.2) is 0 Å². The average molecular weight is 207 g/mol. The van der Waals surface area contributed by atoms with Gasteiger partial charge in [-0.2, -0.15) is 11.8 Å². The van der Waals surface area contributed by atoms with Crippen molar-refractivity contribution in [2.24, 2.45) is 5.73 Å². The lowest BCUT2D eigenvalue weighted by atomic mass is 10.4. The van der Waals surface area contributed by atoms with E-state index in [-0.39, 0.29) is 5.97 Å². The van der Waals surface area contributed by atoms with Gasteiger partial charge in [0.25, 0.3) is 0 Å². The first-order valence-electron chi connectivity index (χ1n) is 4.21. The summed E-state index contributed by atoms with van der Waals surface area (Å²) in [6.07, 6.45) is 0. The molecule has 0 saturated heterocycles. The van der Waals surface area contributed by atoms with Crippen LogP contribution in [-0.4, -0.2) is 43.8 Å². The Hall–Kier alpha value is -0.260. The zero-order valence-electron chi connectivity index (χ0n) is 8.12. The molecule has 0 spiro atoms. The molecule has 0 radical (unpaired) electrons. The zero-order chi connectivity index (χ0) is 10.1. The SMILES string of the molecule is CCOCCSCC(N)C(=O)OC. The molecule has 78 valence electrons. The summed E-state index contributed by atoms with van der Waals surface area (Å²) in [5.41, 5.74) is 5.51. The zero-order valence-corrected chi connectivity index (χ0v) is 8.93. The minimum atomic E-state index is -0.517. The molecule has 0 bridgehead atoms. The molecule has 0 fully saturated rings. The van der Waals surface area contributed by atoms with Crippen LogP contribution in [0.2, 0.25) is 0 Å². The molecule has 0 aromatic rings. The first-order chi connectivity index (χ1) is 6.22. The number of methoxy groups -OCH3 is 1. The van der Waals surface area contributed by atoms with E-state index in [2.05, 4.69) is 4.74 Å². The highest BCUT2D eigenvalue weighted by molar-refractivity contribution is 7.99. The van der Waals surface area contributed by atoms with E-state index in [4.69, 9.17) is 10.5 Å². The van der Waals surface area contributed by atoms with Gasteiger partial charge >= 0.3 is 5.97 Å². The molecule has 0 aromatic heterocycles. The Morgan fingerprint density at radius 3 is 2.85 bits per heavy atom. The van der Waals surface area contributed by atoms with Gasteiger partial charge < -0.3 is 15.2 Å². The van der Waals surface area contributed by atoms with Gasteiger partial charge in [-0.15, -0.1) is 0 Å². The average Bonchev–Trinajstić information content (AvgIpc) is 2.16. The van der Waals surface area contributed by atoms with E-state index in [1.165, 1.54) is 7.11 Å². The van der Waals surface area contributed by atoms with Gasteiger partial charge in [-0.3, -0.25) is 4.79 Å². The minimum absolute atomic E-state index is 0.357. The fraction of sp³-hybridized carbons (Fsp3) is 0.875. The van der Waals surface area contributed by atoms with Crippen LogP contribution in [0.3, 0.4) is 0 Å². The number of carbonyl (C=O) groups is 1. The van der Waals surface area contributed by atoms with Crippen LogP contribution < -0.4 is 5.73 Å². The van der Waals surface area contributed by atoms with E-state index in [0.29, 0.717) is 12.4 Å². The summed E-state index contributed by atoms with van der Waals surface area (Å²) in [6.45, 7) is 3.38. The molecule has 1 atom stereocenters. The number of hydrogen-bond donors (Lipinski definition) is 1. The number of hydrogen-bond acceptors (Lipinski definition) is 5. The lowest BCUT2D eigenvalue weighted by Crippen LogP contribution is -2.34. The molecule has 0 saturated carbocycles. The van der Waals surface area contributed by atoms with Crippen LogP contribution in [-0.2, 0) is 14.3 Å². The summed E-state index contributed by atoms with van der Waals surface area (Å²) in [5.74, 6) is 1.09. The smallest absolute Gasteiger partial charge is 0.323 e. The van der Waals surface area contributed by atoms with E-state index >= 15 is 0 Å². The fourth-order valence-electron chi connectivity index (χ4n) is 0.692. The first-order valence-corrected chi connectivity index (χ1v) is 5.36. The topological polar surface area (TPSA) is 61.5 Å². The highest BCUT2D eigenvalue weighted by Gasteiger charge is 2.12. The molecule has 4 nitrogen and oxygen atoms in total. The maximum Gasteiger partial charge on any atom is 0.323 e. The van der Waals surface area contributed by atoms with E-state index in [1.54, 1.807) is 11.8 Å². The van der Waals surface area contributed by atoms with Crippen LogP contribution in [0.4, 0.5) is 0 Å². The van der Waals surface area contributed by atoms with Crippen molar-refractivity contribution in [2.75, 3.05) is 31.8 Å². The first kappa shape index (κ1) is 12.7. The highest BCUT2D eigenvalue weighted by Crippen LogP contribution is 2.02. The molecule has 5 heteroatoms. The number of esters is 1. The Kier molecular flexibility index (Phi) is 8.18. The molecule has 1 unspecified atom stereocenters. The van der Waals surface area contributed by atoms with Crippen molar-refractivity contribution in [2.45, 2.75) is 13.0 Å². The largest absolute Gasteiger partial charge is 0.468 e. The van der Waals surface area contributed by atoms with Crippen molar-refractivity contribution in [3.63, 3.8) is 0 Å². The monoisotopic (exact) mass is 207 g/mol. The molecule has 13 heavy (non-hydrogen) atoms. The Bertz CT molecular complexity index is 143. The molecule has 0 aliphatic rings. The number of carbonyl (C=O) groups excluding carboxylic acids is 1. The van der Waals surface area contributed by atoms with Gasteiger partial charge in [-0.05, 0) is 6.92 Å². The Balaban J connectivity index is 3.26. The minimum Gasteiger partial charge on any atom is -0.468 e. The van der Waals surface area contributed by atoms with E-state index in [9.17, 15) is 4.79 Å². The third-order valence-electron chi connectivity index (χ3n) is 1.38. The van der Waals surface area contributed by atoms with Crippen molar-refractivity contribution in [3.8, 4) is 0 Å². The normalized spacial score (nSPS) is 12.5. The second kappa shape index (κ2) is 8.34. The predicted octanol–water partition coefficient (Wildman–Crippen LogP) is 0.256. The van der Waals surface area contributed by atoms with Gasteiger partial charge in [0.1, 0.15) is 6.04 Å². The third-order valence-corrected chi connectivity index (χ3v) is 2.43. The Morgan fingerprint density at radius 1 is 1.62 bits per heavy atom. The van der Waals surface area contributed by atoms with Crippen LogP contribution in [0.1, 0.15) is 6.92 Å². The molecular weight excluding hydrogens is 190 g/mol. The lowest BCUT2D eigenvalue weighted by Gasteiger charge is -2.08. The number of rotatable bonds is 7. The molecule has 0 rings (SSSR count). The van der Waals surface area contributed by atoms with Gasteiger partial charge in [0, 0.05) is 18.1 Å². The van der Waals surface area contributed by atoms with Crippen LogP contribution in [0.25, 0.3) is 0 Å². The lowest BCUT2D eigenvalue weighted by molar-refractivity contribution is -0.141. The van der Waals surface area contributed by atoms with Crippen LogP contribution in [0.5, 0.6) is 0 Å². The summed E-state index contributed by atoms with van der Waals surface area (Å²) in [7, 11) is 1.34. The molecule has 0 amide bonds. The fourth-order valence-corrected chi connectivity index (χ4v) is 1.48. The maximum atomic E-state index is 10.8. The van der Waals surface area contributed by atoms with Crippen molar-refractivity contribution < 1.29 is 14.3 Å². The molecule has 0 aromatic carbocycles. The summed E-state index contributed by atoms with van der Waals surface area (Å²) in [4.78, 5) is 10.8. The third kappa shape index (κ3) is 6.86. The number of ether oxygens (including phenoxy) is 2. The van der Waals surface area contributed by atoms with Crippen molar-refractivity contribution in [3.05, 3.63) is 0 Å². The van der Waals surface area contributed by atoms with E-state index in [0.717, 1.165) is 12.4 Å². The van der Waals surface area contributed by atoms with Gasteiger partial charge in [-0.1, -0.05) is 0 Å². The highest BCUT2D eigenvalue weighted by atomic mass is 32.2. The summed E-state index contributed by atoms with van der Waals surface area (Å²) in [6, 6.07) is -0.517. The molecule has 2 N–H and O–H groups in total. The number of nitrogens with two attached hydrogens (primary N) is 1. The second-order valence-corrected chi connectivity index (χ2v) is 3.55. The molecule has 0 heterocycles. The van der Waals surface area contributed by atoms with Gasteiger partial charge in [0.05, 0.1) is 13.7 Å². The van der Waals surface area contributed by atoms with Crippen molar-refractivity contribution in [1.29, 1.82) is 0 Å². The quantitative estimate of drug-likeness (QED) is 0.479. The Morgan fingerprint density at radius 2 is 2.31 bits per heavy atom. The van der Waals surface area contributed by atoms with Crippen LogP contribution in [0, 0.1) is 0 Å². The Labute approximate surface area is 83.1 Å². The molecule has 0 aliphatic carbocycles. The van der Waals surface area contributed by atoms with Crippen LogP contribution in [0.15, 0.2) is 0 Å². The summed E-state index contributed by atoms with van der Waals surface area (Å²) in [5, 5.41) is 0. The second-order valence-electron chi connectivity index (χ2n) is 2.40. The predicted molar refractivity (Wildman–Crippen MR) is 53.8 cm³/mol. The van der Waals surface area contributed by atoms with E-state index < -0.39 is 6.04 Å². The molecule has 0 aliphatic heterocycles. The molecular formula is C8H17NO3S. The maximum absolute atomic E-state index is 10.8. The van der Waals surface area contributed by atoms with E-state index in [1.807, 2.05) is 6.92 Å². The summed E-state index contributed by atoms with van der Waals surface area (Å²) < 4.78 is 9.61. The standard InChI is InChI=1S/C8H17NO3S/c1-3-12-4-5-13-6-7(9)8(10)11-2/h7H,3-6,9H2,1-2H3. The van der Waals surface area contributed by atoms with Crippen LogP contribution >= 0.6 is 11.8 Å². The van der Waals surface area contributed by atoms with Gasteiger partial charge in [0.2, 0.25) is 0 Å². The summed E-state index contributed by atoms with van der Waals surface area (Å²) >= 11 is 1.59.